The van der Waals surface area contributed by atoms with Crippen LogP contribution in [0.2, 0.25) is 0 Å². The first kappa shape index (κ1) is 13.8. The Bertz CT molecular complexity index is 408. The van der Waals surface area contributed by atoms with E-state index in [1.54, 1.807) is 6.92 Å². The minimum absolute atomic E-state index is 0.241. The number of halogens is 3. The molecule has 96 valence electrons. The van der Waals surface area contributed by atoms with Crippen molar-refractivity contribution in [3.05, 3.63) is 28.6 Å². The molecule has 17 heavy (non-hydrogen) atoms. The minimum Gasteiger partial charge on any atom is -0.493 e. The van der Waals surface area contributed by atoms with Crippen LogP contribution >= 0.6 is 0 Å². The summed E-state index contributed by atoms with van der Waals surface area (Å²) < 4.78 is 50.2. The lowest BCUT2D eigenvalue weighted by atomic mass is 10.1. The first-order valence-electron chi connectivity index (χ1n) is 4.99. The largest absolute Gasteiger partial charge is 0.493 e. The van der Waals surface area contributed by atoms with Crippen molar-refractivity contribution >= 4 is 0 Å². The van der Waals surface area contributed by atoms with Crippen LogP contribution in [0.3, 0.4) is 0 Å². The molecule has 0 amide bonds. The summed E-state index contributed by atoms with van der Waals surface area (Å²) in [7, 11) is 1.11. The van der Waals surface area contributed by atoms with Crippen molar-refractivity contribution in [2.45, 2.75) is 20.1 Å². The van der Waals surface area contributed by atoms with Crippen molar-refractivity contribution in [3.63, 3.8) is 0 Å². The van der Waals surface area contributed by atoms with Gasteiger partial charge >= 0.3 is 0 Å². The summed E-state index contributed by atoms with van der Waals surface area (Å²) in [6, 6.07) is 0. The first-order valence-corrected chi connectivity index (χ1v) is 4.99. The summed E-state index contributed by atoms with van der Waals surface area (Å²) in [6.07, 6.45) is 0. The molecule has 1 aromatic carbocycles. The van der Waals surface area contributed by atoms with Crippen LogP contribution in [-0.2, 0) is 18.0 Å². The minimum atomic E-state index is -1.36. The Morgan fingerprint density at radius 1 is 1.06 bits per heavy atom. The van der Waals surface area contributed by atoms with Gasteiger partial charge in [0.15, 0.2) is 23.2 Å². The standard InChI is InChI=1S/C11H13F3O3/c1-3-17-5-7-9(13)8(12)6(4-15)11(16-2)10(7)14/h15H,3-5H2,1-2H3. The van der Waals surface area contributed by atoms with E-state index in [0.717, 1.165) is 7.11 Å². The molecule has 0 bridgehead atoms. The van der Waals surface area contributed by atoms with Crippen LogP contribution in [0.5, 0.6) is 5.75 Å². The lowest BCUT2D eigenvalue weighted by molar-refractivity contribution is 0.127. The van der Waals surface area contributed by atoms with E-state index in [-0.39, 0.29) is 6.61 Å². The summed E-state index contributed by atoms with van der Waals surface area (Å²) in [5.74, 6) is -4.23. The van der Waals surface area contributed by atoms with Gasteiger partial charge in [-0.2, -0.15) is 0 Å². The van der Waals surface area contributed by atoms with Gasteiger partial charge in [0.2, 0.25) is 0 Å². The molecule has 0 saturated carbocycles. The third kappa shape index (κ3) is 2.53. The van der Waals surface area contributed by atoms with E-state index in [0.29, 0.717) is 0 Å². The number of hydrogen-bond donors (Lipinski definition) is 1. The fraction of sp³-hybridized carbons (Fsp3) is 0.455. The van der Waals surface area contributed by atoms with Crippen molar-refractivity contribution in [1.29, 1.82) is 0 Å². The number of methoxy groups -OCH3 is 1. The topological polar surface area (TPSA) is 38.7 Å². The molecule has 0 heterocycles. The van der Waals surface area contributed by atoms with E-state index in [9.17, 15) is 13.2 Å². The van der Waals surface area contributed by atoms with E-state index in [1.807, 2.05) is 0 Å². The number of aliphatic hydroxyl groups excluding tert-OH is 1. The van der Waals surface area contributed by atoms with Gasteiger partial charge in [-0.05, 0) is 6.92 Å². The molecule has 0 unspecified atom stereocenters. The van der Waals surface area contributed by atoms with Crippen LogP contribution in [0.15, 0.2) is 0 Å². The van der Waals surface area contributed by atoms with Crippen LogP contribution in [0.1, 0.15) is 18.1 Å². The van der Waals surface area contributed by atoms with E-state index >= 15 is 0 Å². The Kier molecular flexibility index (Phi) is 4.77. The van der Waals surface area contributed by atoms with E-state index in [1.165, 1.54) is 0 Å². The molecule has 0 fully saturated rings. The predicted molar refractivity (Wildman–Crippen MR) is 54.1 cm³/mol. The second kappa shape index (κ2) is 5.88. The second-order valence-corrected chi connectivity index (χ2v) is 3.23. The van der Waals surface area contributed by atoms with Crippen LogP contribution in [0, 0.1) is 17.5 Å². The summed E-state index contributed by atoms with van der Waals surface area (Å²) in [4.78, 5) is 0. The molecular weight excluding hydrogens is 237 g/mol. The predicted octanol–water partition coefficient (Wildman–Crippen LogP) is 2.14. The third-order valence-corrected chi connectivity index (χ3v) is 2.27. The number of hydrogen-bond acceptors (Lipinski definition) is 3. The number of ether oxygens (including phenoxy) is 2. The Labute approximate surface area is 96.8 Å². The van der Waals surface area contributed by atoms with Crippen LogP contribution < -0.4 is 4.74 Å². The van der Waals surface area contributed by atoms with E-state index in [2.05, 4.69) is 4.74 Å². The highest BCUT2D eigenvalue weighted by molar-refractivity contribution is 5.41. The molecule has 1 aromatic rings. The van der Waals surface area contributed by atoms with Crippen molar-refractivity contribution in [1.82, 2.24) is 0 Å². The summed E-state index contributed by atoms with van der Waals surface area (Å²) in [6.45, 7) is 0.640. The number of rotatable bonds is 5. The Balaban J connectivity index is 3.36. The zero-order valence-electron chi connectivity index (χ0n) is 9.52. The van der Waals surface area contributed by atoms with Crippen LogP contribution in [-0.4, -0.2) is 18.8 Å². The van der Waals surface area contributed by atoms with Crippen LogP contribution in [0.25, 0.3) is 0 Å². The smallest absolute Gasteiger partial charge is 0.174 e. The number of benzene rings is 1. The Hall–Kier alpha value is -1.27. The van der Waals surface area contributed by atoms with Crippen molar-refractivity contribution in [2.75, 3.05) is 13.7 Å². The van der Waals surface area contributed by atoms with E-state index < -0.39 is 47.5 Å². The monoisotopic (exact) mass is 250 g/mol. The molecule has 0 aliphatic rings. The van der Waals surface area contributed by atoms with Gasteiger partial charge in [-0.1, -0.05) is 0 Å². The summed E-state index contributed by atoms with van der Waals surface area (Å²) in [5, 5.41) is 8.86. The van der Waals surface area contributed by atoms with Gasteiger partial charge in [-0.15, -0.1) is 0 Å². The molecule has 0 saturated heterocycles. The lowest BCUT2D eigenvalue weighted by Crippen LogP contribution is -2.09. The van der Waals surface area contributed by atoms with Gasteiger partial charge in [0, 0.05) is 6.61 Å². The fourth-order valence-electron chi connectivity index (χ4n) is 1.42. The van der Waals surface area contributed by atoms with Gasteiger partial charge < -0.3 is 14.6 Å². The third-order valence-electron chi connectivity index (χ3n) is 2.27. The van der Waals surface area contributed by atoms with Crippen molar-refractivity contribution in [2.24, 2.45) is 0 Å². The molecule has 0 aromatic heterocycles. The molecular formula is C11H13F3O3. The molecule has 0 aliphatic carbocycles. The molecule has 3 nitrogen and oxygen atoms in total. The second-order valence-electron chi connectivity index (χ2n) is 3.23. The van der Waals surface area contributed by atoms with Gasteiger partial charge in [0.05, 0.1) is 31.5 Å². The maximum atomic E-state index is 13.8. The fourth-order valence-corrected chi connectivity index (χ4v) is 1.42. The quantitative estimate of drug-likeness (QED) is 0.814. The first-order chi connectivity index (χ1) is 8.08. The van der Waals surface area contributed by atoms with Crippen molar-refractivity contribution < 1.29 is 27.8 Å². The molecule has 0 atom stereocenters. The van der Waals surface area contributed by atoms with Gasteiger partial charge in [0.25, 0.3) is 0 Å². The zero-order valence-corrected chi connectivity index (χ0v) is 9.52. The van der Waals surface area contributed by atoms with E-state index in [4.69, 9.17) is 9.84 Å². The summed E-state index contributed by atoms with van der Waals surface area (Å²) >= 11 is 0. The molecule has 1 rings (SSSR count). The van der Waals surface area contributed by atoms with Gasteiger partial charge in [0.1, 0.15) is 0 Å². The van der Waals surface area contributed by atoms with Crippen LogP contribution in [0.4, 0.5) is 13.2 Å². The highest BCUT2D eigenvalue weighted by Gasteiger charge is 2.25. The van der Waals surface area contributed by atoms with Gasteiger partial charge in [-0.3, -0.25) is 0 Å². The Morgan fingerprint density at radius 3 is 2.12 bits per heavy atom. The van der Waals surface area contributed by atoms with Crippen molar-refractivity contribution in [3.8, 4) is 5.75 Å². The molecule has 1 N–H and O–H groups in total. The molecule has 0 radical (unpaired) electrons. The average molecular weight is 250 g/mol. The Morgan fingerprint density at radius 2 is 1.65 bits per heavy atom. The zero-order chi connectivity index (χ0) is 13.0. The normalized spacial score (nSPS) is 10.7. The highest BCUT2D eigenvalue weighted by atomic mass is 19.2. The maximum absolute atomic E-state index is 13.8. The summed E-state index contributed by atoms with van der Waals surface area (Å²) in [5.41, 5.74) is -1.08. The molecule has 0 aliphatic heterocycles. The SMILES string of the molecule is CCOCc1c(F)c(F)c(CO)c(OC)c1F. The average Bonchev–Trinajstić information content (AvgIpc) is 2.33. The molecule has 0 spiro atoms. The molecule has 6 heteroatoms. The lowest BCUT2D eigenvalue weighted by Gasteiger charge is -2.13. The number of aliphatic hydroxyl groups is 1. The van der Waals surface area contributed by atoms with Gasteiger partial charge in [-0.25, -0.2) is 13.2 Å². The maximum Gasteiger partial charge on any atom is 0.174 e. The highest BCUT2D eigenvalue weighted by Crippen LogP contribution is 2.31.